The summed E-state index contributed by atoms with van der Waals surface area (Å²) in [6.45, 7) is -0.118. The SMILES string of the molecule is N#CCNC(=O)C1(NC(=O)c2ccc(N)c(F)c2)CCCCC1. The molecule has 122 valence electrons. The van der Waals surface area contributed by atoms with Crippen LogP contribution < -0.4 is 16.4 Å². The van der Waals surface area contributed by atoms with Gasteiger partial charge in [0.25, 0.3) is 5.91 Å². The summed E-state index contributed by atoms with van der Waals surface area (Å²) in [5, 5.41) is 13.9. The molecule has 0 heterocycles. The van der Waals surface area contributed by atoms with Gasteiger partial charge in [-0.3, -0.25) is 9.59 Å². The molecule has 0 atom stereocenters. The molecule has 2 rings (SSSR count). The summed E-state index contributed by atoms with van der Waals surface area (Å²) in [6.07, 6.45) is 3.58. The first-order valence-electron chi connectivity index (χ1n) is 7.51. The van der Waals surface area contributed by atoms with E-state index in [0.29, 0.717) is 12.8 Å². The standard InChI is InChI=1S/C16H19FN4O2/c17-12-10-11(4-5-13(12)19)14(22)21-16(6-2-1-3-7-16)15(23)20-9-8-18/h4-5,10H,1-3,6-7,9,19H2,(H,20,23)(H,21,22). The summed E-state index contributed by atoms with van der Waals surface area (Å²) >= 11 is 0. The molecule has 1 aliphatic rings. The summed E-state index contributed by atoms with van der Waals surface area (Å²) in [5.41, 5.74) is 4.41. The van der Waals surface area contributed by atoms with Crippen molar-refractivity contribution in [2.75, 3.05) is 12.3 Å². The van der Waals surface area contributed by atoms with E-state index in [1.165, 1.54) is 12.1 Å². The van der Waals surface area contributed by atoms with Gasteiger partial charge in [0, 0.05) is 5.56 Å². The number of rotatable bonds is 4. The van der Waals surface area contributed by atoms with Crippen molar-refractivity contribution in [2.45, 2.75) is 37.6 Å². The van der Waals surface area contributed by atoms with Gasteiger partial charge >= 0.3 is 0 Å². The highest BCUT2D eigenvalue weighted by atomic mass is 19.1. The molecule has 7 heteroatoms. The molecule has 1 aromatic carbocycles. The Hall–Kier alpha value is -2.62. The topological polar surface area (TPSA) is 108 Å². The largest absolute Gasteiger partial charge is 0.396 e. The number of nitrogen functional groups attached to an aromatic ring is 1. The van der Waals surface area contributed by atoms with E-state index in [4.69, 9.17) is 11.0 Å². The number of hydrogen-bond donors (Lipinski definition) is 3. The number of carbonyl (C=O) groups is 2. The minimum Gasteiger partial charge on any atom is -0.396 e. The number of halogens is 1. The maximum atomic E-state index is 13.5. The number of nitrogens with one attached hydrogen (secondary N) is 2. The molecule has 1 aromatic rings. The van der Waals surface area contributed by atoms with Gasteiger partial charge in [0.2, 0.25) is 5.91 Å². The van der Waals surface area contributed by atoms with Crippen LogP contribution in [0.25, 0.3) is 0 Å². The number of carbonyl (C=O) groups excluding carboxylic acids is 2. The molecule has 0 radical (unpaired) electrons. The molecule has 1 aliphatic carbocycles. The van der Waals surface area contributed by atoms with Crippen LogP contribution in [0.4, 0.5) is 10.1 Å². The van der Waals surface area contributed by atoms with Crippen molar-refractivity contribution in [3.63, 3.8) is 0 Å². The normalized spacial score (nSPS) is 16.2. The molecule has 1 fully saturated rings. The van der Waals surface area contributed by atoms with Crippen LogP contribution in [-0.4, -0.2) is 23.9 Å². The van der Waals surface area contributed by atoms with Gasteiger partial charge in [0.15, 0.2) is 0 Å². The van der Waals surface area contributed by atoms with Crippen LogP contribution in [0.2, 0.25) is 0 Å². The third-order valence-electron chi connectivity index (χ3n) is 4.09. The Morgan fingerprint density at radius 1 is 1.30 bits per heavy atom. The van der Waals surface area contributed by atoms with E-state index in [1.807, 2.05) is 6.07 Å². The van der Waals surface area contributed by atoms with Crippen LogP contribution in [0, 0.1) is 17.1 Å². The molecule has 0 bridgehead atoms. The lowest BCUT2D eigenvalue weighted by Crippen LogP contribution is -2.59. The first kappa shape index (κ1) is 16.7. The molecule has 6 nitrogen and oxygen atoms in total. The highest BCUT2D eigenvalue weighted by Crippen LogP contribution is 2.29. The zero-order valence-electron chi connectivity index (χ0n) is 12.7. The van der Waals surface area contributed by atoms with E-state index in [0.717, 1.165) is 25.3 Å². The van der Waals surface area contributed by atoms with E-state index in [9.17, 15) is 14.0 Å². The van der Waals surface area contributed by atoms with Crippen molar-refractivity contribution >= 4 is 17.5 Å². The monoisotopic (exact) mass is 318 g/mol. The number of amides is 2. The average Bonchev–Trinajstić information content (AvgIpc) is 2.55. The maximum absolute atomic E-state index is 13.5. The fourth-order valence-corrected chi connectivity index (χ4v) is 2.81. The Balaban J connectivity index is 2.19. The summed E-state index contributed by atoms with van der Waals surface area (Å²) in [5.74, 6) is -1.58. The minimum absolute atomic E-state index is 0.0410. The van der Waals surface area contributed by atoms with Gasteiger partial charge in [-0.15, -0.1) is 0 Å². The molecule has 0 aliphatic heterocycles. The second-order valence-corrected chi connectivity index (χ2v) is 5.67. The minimum atomic E-state index is -1.05. The molecule has 23 heavy (non-hydrogen) atoms. The quantitative estimate of drug-likeness (QED) is 0.577. The fraction of sp³-hybridized carbons (Fsp3) is 0.438. The zero-order chi connectivity index (χ0) is 16.9. The molecular weight excluding hydrogens is 299 g/mol. The summed E-state index contributed by atoms with van der Waals surface area (Å²) in [7, 11) is 0. The van der Waals surface area contributed by atoms with Crippen LogP contribution in [-0.2, 0) is 4.79 Å². The number of benzene rings is 1. The number of hydrogen-bond acceptors (Lipinski definition) is 4. The van der Waals surface area contributed by atoms with Gasteiger partial charge in [0.1, 0.15) is 17.9 Å². The summed E-state index contributed by atoms with van der Waals surface area (Å²) in [4.78, 5) is 24.8. The van der Waals surface area contributed by atoms with Crippen molar-refractivity contribution in [1.29, 1.82) is 5.26 Å². The predicted molar refractivity (Wildman–Crippen MR) is 82.7 cm³/mol. The average molecular weight is 318 g/mol. The molecule has 0 spiro atoms. The third-order valence-corrected chi connectivity index (χ3v) is 4.09. The van der Waals surface area contributed by atoms with E-state index in [1.54, 1.807) is 0 Å². The Morgan fingerprint density at radius 3 is 2.61 bits per heavy atom. The molecule has 0 unspecified atom stereocenters. The first-order valence-corrected chi connectivity index (χ1v) is 7.51. The van der Waals surface area contributed by atoms with Crippen molar-refractivity contribution in [3.8, 4) is 6.07 Å². The maximum Gasteiger partial charge on any atom is 0.252 e. The predicted octanol–water partition coefficient (Wildman–Crippen LogP) is 1.48. The number of anilines is 1. The molecule has 4 N–H and O–H groups in total. The van der Waals surface area contributed by atoms with Gasteiger partial charge in [-0.25, -0.2) is 4.39 Å². The third kappa shape index (κ3) is 3.77. The van der Waals surface area contributed by atoms with Gasteiger partial charge < -0.3 is 16.4 Å². The summed E-state index contributed by atoms with van der Waals surface area (Å²) < 4.78 is 13.5. The lowest BCUT2D eigenvalue weighted by atomic mass is 9.80. The first-order chi connectivity index (χ1) is 11.0. The smallest absolute Gasteiger partial charge is 0.252 e. The van der Waals surface area contributed by atoms with E-state index < -0.39 is 17.3 Å². The van der Waals surface area contributed by atoms with Gasteiger partial charge in [-0.1, -0.05) is 19.3 Å². The highest BCUT2D eigenvalue weighted by molar-refractivity contribution is 5.99. The van der Waals surface area contributed by atoms with Crippen molar-refractivity contribution in [1.82, 2.24) is 10.6 Å². The molecule has 0 saturated heterocycles. The second kappa shape index (κ2) is 7.09. The summed E-state index contributed by atoms with van der Waals surface area (Å²) in [6, 6.07) is 5.62. The fourth-order valence-electron chi connectivity index (χ4n) is 2.81. The molecule has 2 amide bonds. The molecular formula is C16H19FN4O2. The molecule has 0 aromatic heterocycles. The Morgan fingerprint density at radius 2 is 2.00 bits per heavy atom. The van der Waals surface area contributed by atoms with Crippen LogP contribution in [0.3, 0.4) is 0 Å². The number of nitrogens with two attached hydrogens (primary N) is 1. The van der Waals surface area contributed by atoms with Crippen LogP contribution in [0.5, 0.6) is 0 Å². The van der Waals surface area contributed by atoms with Crippen molar-refractivity contribution < 1.29 is 14.0 Å². The van der Waals surface area contributed by atoms with Crippen LogP contribution >= 0.6 is 0 Å². The van der Waals surface area contributed by atoms with Crippen LogP contribution in [0.15, 0.2) is 18.2 Å². The number of nitriles is 1. The van der Waals surface area contributed by atoms with Crippen molar-refractivity contribution in [2.24, 2.45) is 0 Å². The van der Waals surface area contributed by atoms with Gasteiger partial charge in [-0.05, 0) is 31.0 Å². The van der Waals surface area contributed by atoms with Gasteiger partial charge in [-0.2, -0.15) is 5.26 Å². The lowest BCUT2D eigenvalue weighted by Gasteiger charge is -2.36. The second-order valence-electron chi connectivity index (χ2n) is 5.67. The van der Waals surface area contributed by atoms with Crippen LogP contribution in [0.1, 0.15) is 42.5 Å². The van der Waals surface area contributed by atoms with Gasteiger partial charge in [0.05, 0.1) is 11.8 Å². The van der Waals surface area contributed by atoms with Crippen molar-refractivity contribution in [3.05, 3.63) is 29.6 Å². The Labute approximate surface area is 133 Å². The van der Waals surface area contributed by atoms with E-state index in [-0.39, 0.29) is 23.7 Å². The Bertz CT molecular complexity index is 648. The zero-order valence-corrected chi connectivity index (χ0v) is 12.7. The van der Waals surface area contributed by atoms with E-state index >= 15 is 0 Å². The molecule has 1 saturated carbocycles. The number of nitrogens with zero attached hydrogens (tertiary/aromatic N) is 1. The lowest BCUT2D eigenvalue weighted by molar-refractivity contribution is -0.128. The van der Waals surface area contributed by atoms with E-state index in [2.05, 4.69) is 10.6 Å². The Kier molecular flexibility index (Phi) is 5.16. The highest BCUT2D eigenvalue weighted by Gasteiger charge is 2.40.